The van der Waals surface area contributed by atoms with Gasteiger partial charge in [0.05, 0.1) is 19.2 Å². The molecule has 1 heterocycles. The van der Waals surface area contributed by atoms with Gasteiger partial charge >= 0.3 is 26.6 Å². The summed E-state index contributed by atoms with van der Waals surface area (Å²) in [5, 5.41) is 0. The van der Waals surface area contributed by atoms with Crippen molar-refractivity contribution in [3.8, 4) is 11.6 Å². The molecule has 0 unspecified atom stereocenters. The van der Waals surface area contributed by atoms with Crippen molar-refractivity contribution >= 4 is 20.9 Å². The van der Waals surface area contributed by atoms with Crippen LogP contribution >= 0.6 is 0 Å². The Morgan fingerprint density at radius 2 is 1.45 bits per heavy atom. The molecule has 0 saturated carbocycles. The monoisotopic (exact) mass is 628 g/mol. The highest BCUT2D eigenvalue weighted by molar-refractivity contribution is 6.60. The fourth-order valence-electron chi connectivity index (χ4n) is 4.57. The molecule has 1 aromatic heterocycles. The summed E-state index contributed by atoms with van der Waals surface area (Å²) in [5.74, 6) is -0.253. The maximum absolute atomic E-state index is 12.9. The molecule has 1 N–H and O–H groups in total. The number of benzene rings is 2. The molecule has 2 aromatic carbocycles. The van der Waals surface area contributed by atoms with Crippen molar-refractivity contribution < 1.29 is 37.1 Å². The van der Waals surface area contributed by atoms with Gasteiger partial charge in [-0.2, -0.15) is 0 Å². The van der Waals surface area contributed by atoms with Gasteiger partial charge in [0.2, 0.25) is 5.88 Å². The molecule has 0 amide bonds. The van der Waals surface area contributed by atoms with Crippen molar-refractivity contribution in [3.63, 3.8) is 0 Å². The maximum Gasteiger partial charge on any atom is 0.514 e. The Balaban J connectivity index is 1.68. The van der Waals surface area contributed by atoms with E-state index in [4.69, 9.17) is 22.8 Å². The van der Waals surface area contributed by atoms with Crippen LogP contribution in [-0.2, 0) is 35.8 Å². The number of rotatable bonds is 17. The minimum Gasteiger partial charge on any atom is -0.437 e. The van der Waals surface area contributed by atoms with Crippen LogP contribution < -0.4 is 20.7 Å². The van der Waals surface area contributed by atoms with Crippen LogP contribution in [0.3, 0.4) is 0 Å². The number of nitrogens with zero attached hydrogens (tertiary/aromatic N) is 1. The topological polar surface area (TPSA) is 144 Å². The largest absolute Gasteiger partial charge is 0.514 e. The van der Waals surface area contributed by atoms with Crippen LogP contribution in [-0.4, -0.2) is 57.4 Å². The first kappa shape index (κ1) is 34.4. The molecule has 0 saturated heterocycles. The van der Waals surface area contributed by atoms with E-state index in [9.17, 15) is 19.2 Å². The number of H-pyrrole nitrogens is 1. The van der Waals surface area contributed by atoms with Gasteiger partial charge in [-0.15, -0.1) is 0 Å². The lowest BCUT2D eigenvalue weighted by Gasteiger charge is -2.28. The van der Waals surface area contributed by atoms with Gasteiger partial charge in [0.15, 0.2) is 0 Å². The second-order valence-corrected chi connectivity index (χ2v) is 12.4. The summed E-state index contributed by atoms with van der Waals surface area (Å²) < 4.78 is 34.2. The van der Waals surface area contributed by atoms with E-state index in [1.807, 2.05) is 39.0 Å². The molecule has 12 nitrogen and oxygen atoms in total. The SMILES string of the molecule is CCO[Si](CCCCC(=O)Oc1ccc(Cc2c(OC(=O)OC)n(Cc3ccccc3)c(=O)[nH]c2=O)cc1)(OCC)OCC. The Morgan fingerprint density at radius 3 is 2.05 bits per heavy atom. The van der Waals surface area contributed by atoms with E-state index >= 15 is 0 Å². The molecular weight excluding hydrogens is 588 g/mol. The van der Waals surface area contributed by atoms with Crippen molar-refractivity contribution in [2.45, 2.75) is 59.0 Å². The van der Waals surface area contributed by atoms with Crippen molar-refractivity contribution in [1.29, 1.82) is 0 Å². The number of unbranched alkanes of at least 4 members (excludes halogenated alkanes) is 1. The van der Waals surface area contributed by atoms with Crippen LogP contribution in [0.4, 0.5) is 4.79 Å². The predicted molar refractivity (Wildman–Crippen MR) is 164 cm³/mol. The van der Waals surface area contributed by atoms with Gasteiger partial charge in [-0.25, -0.2) is 9.59 Å². The van der Waals surface area contributed by atoms with Crippen molar-refractivity contribution in [3.05, 3.63) is 92.1 Å². The van der Waals surface area contributed by atoms with Gasteiger partial charge in [-0.1, -0.05) is 42.5 Å². The summed E-state index contributed by atoms with van der Waals surface area (Å²) in [4.78, 5) is 52.4. The summed E-state index contributed by atoms with van der Waals surface area (Å²) in [6.45, 7) is 7.25. The molecule has 0 radical (unpaired) electrons. The third-order valence-corrected chi connectivity index (χ3v) is 9.67. The fourth-order valence-corrected chi connectivity index (χ4v) is 7.25. The smallest absolute Gasteiger partial charge is 0.437 e. The van der Waals surface area contributed by atoms with Gasteiger partial charge in [0, 0.05) is 38.7 Å². The van der Waals surface area contributed by atoms with E-state index < -0.39 is 26.2 Å². The molecular formula is C31H40N2O10Si. The van der Waals surface area contributed by atoms with Gasteiger partial charge < -0.3 is 27.5 Å². The zero-order valence-electron chi connectivity index (χ0n) is 25.6. The van der Waals surface area contributed by atoms with Crippen LogP contribution in [0.1, 0.15) is 56.7 Å². The second kappa shape index (κ2) is 17.3. The number of carbonyl (C=O) groups excluding carboxylic acids is 2. The molecule has 0 aliphatic heterocycles. The lowest BCUT2D eigenvalue weighted by atomic mass is 10.1. The number of hydrogen-bond donors (Lipinski definition) is 1. The molecule has 0 bridgehead atoms. The van der Waals surface area contributed by atoms with Crippen molar-refractivity contribution in [1.82, 2.24) is 9.55 Å². The Kier molecular flexibility index (Phi) is 13.5. The number of esters is 1. The van der Waals surface area contributed by atoms with Crippen molar-refractivity contribution in [2.75, 3.05) is 26.9 Å². The fraction of sp³-hybridized carbons (Fsp3) is 0.419. The number of aromatic amines is 1. The molecule has 0 spiro atoms. The first-order valence-electron chi connectivity index (χ1n) is 14.6. The highest BCUT2D eigenvalue weighted by Crippen LogP contribution is 2.23. The summed E-state index contributed by atoms with van der Waals surface area (Å²) in [5.41, 5.74) is 0.0393. The first-order valence-corrected chi connectivity index (χ1v) is 16.5. The van der Waals surface area contributed by atoms with Gasteiger partial charge in [0.1, 0.15) is 5.75 Å². The lowest BCUT2D eigenvalue weighted by Crippen LogP contribution is -2.45. The van der Waals surface area contributed by atoms with Crippen LogP contribution in [0.5, 0.6) is 11.6 Å². The number of methoxy groups -OCH3 is 1. The van der Waals surface area contributed by atoms with Gasteiger partial charge in [-0.05, 0) is 56.9 Å². The van der Waals surface area contributed by atoms with E-state index in [0.29, 0.717) is 50.0 Å². The second-order valence-electron chi connectivity index (χ2n) is 9.65. The minimum absolute atomic E-state index is 0.0239. The molecule has 3 aromatic rings. The highest BCUT2D eigenvalue weighted by atomic mass is 28.4. The number of aromatic nitrogens is 2. The van der Waals surface area contributed by atoms with Crippen LogP contribution in [0, 0.1) is 0 Å². The summed E-state index contributed by atoms with van der Waals surface area (Å²) in [6.07, 6.45) is 0.446. The van der Waals surface area contributed by atoms with E-state index in [2.05, 4.69) is 9.72 Å². The summed E-state index contributed by atoms with van der Waals surface area (Å²) >= 11 is 0. The number of hydrogen-bond acceptors (Lipinski definition) is 10. The van der Waals surface area contributed by atoms with Crippen molar-refractivity contribution in [2.24, 2.45) is 0 Å². The normalized spacial score (nSPS) is 11.3. The van der Waals surface area contributed by atoms with Crippen LogP contribution in [0.15, 0.2) is 64.2 Å². The average Bonchev–Trinajstić information content (AvgIpc) is 3.01. The quantitative estimate of drug-likeness (QED) is 0.0986. The van der Waals surface area contributed by atoms with Gasteiger partial charge in [-0.3, -0.25) is 19.1 Å². The minimum atomic E-state index is -2.76. The third kappa shape index (κ3) is 10.0. The van der Waals surface area contributed by atoms with E-state index in [1.165, 1.54) is 4.57 Å². The van der Waals surface area contributed by atoms with Crippen LogP contribution in [0.2, 0.25) is 6.04 Å². The van der Waals surface area contributed by atoms with E-state index in [-0.39, 0.29) is 36.8 Å². The molecule has 0 aliphatic rings. The molecule has 238 valence electrons. The zero-order chi connectivity index (χ0) is 32.0. The number of ether oxygens (including phenoxy) is 3. The first-order chi connectivity index (χ1) is 21.2. The highest BCUT2D eigenvalue weighted by Gasteiger charge is 2.39. The predicted octanol–water partition coefficient (Wildman–Crippen LogP) is 4.45. The molecule has 0 atom stereocenters. The summed E-state index contributed by atoms with van der Waals surface area (Å²) in [6, 6.07) is 16.3. The molecule has 0 aliphatic carbocycles. The van der Waals surface area contributed by atoms with E-state index in [0.717, 1.165) is 12.7 Å². The van der Waals surface area contributed by atoms with E-state index in [1.54, 1.807) is 36.4 Å². The maximum atomic E-state index is 12.9. The standard InChI is InChI=1S/C31H40N2O10Si/c1-5-39-44(40-6-2,41-7-3)20-12-11-15-27(34)42-25-18-16-23(17-19-25)21-26-28(35)32-30(36)33(29(26)43-31(37)38-4)22-24-13-9-8-10-14-24/h8-10,13-14,16-19H,5-7,11-12,15,20-22H2,1-4H3,(H,32,35,36). The summed E-state index contributed by atoms with van der Waals surface area (Å²) in [7, 11) is -1.63. The Morgan fingerprint density at radius 1 is 0.818 bits per heavy atom. The molecule has 0 fully saturated rings. The Bertz CT molecular complexity index is 1450. The molecule has 44 heavy (non-hydrogen) atoms. The Labute approximate surface area is 257 Å². The number of nitrogens with one attached hydrogen (secondary N) is 1. The van der Waals surface area contributed by atoms with Gasteiger partial charge in [0.25, 0.3) is 5.56 Å². The third-order valence-electron chi connectivity index (χ3n) is 6.52. The molecule has 13 heteroatoms. The zero-order valence-corrected chi connectivity index (χ0v) is 26.6. The molecule has 3 rings (SSSR count). The number of carbonyl (C=O) groups is 2. The average molecular weight is 629 g/mol. The van der Waals surface area contributed by atoms with Crippen LogP contribution in [0.25, 0.3) is 0 Å². The lowest BCUT2D eigenvalue weighted by molar-refractivity contribution is -0.134. The Hall–Kier alpha value is -4.04.